The molecule has 0 saturated carbocycles. The van der Waals surface area contributed by atoms with Gasteiger partial charge in [0.15, 0.2) is 0 Å². The topological polar surface area (TPSA) is 3.24 Å². The number of allylic oxidation sites excluding steroid dienone is 1. The molecular weight excluding hydrogens is 134 g/mol. The molecule has 0 N–H and O–H groups in total. The van der Waals surface area contributed by atoms with Gasteiger partial charge in [0.2, 0.25) is 0 Å². The number of hydrogen-bond donors (Lipinski definition) is 0. The Morgan fingerprint density at radius 3 is 2.00 bits per heavy atom. The van der Waals surface area contributed by atoms with E-state index in [9.17, 15) is 0 Å². The molecule has 11 heavy (non-hydrogen) atoms. The molecule has 0 aromatic rings. The Balaban J connectivity index is 3.50. The Labute approximate surface area is 71.1 Å². The second-order valence-electron chi connectivity index (χ2n) is 2.87. The van der Waals surface area contributed by atoms with Gasteiger partial charge in [0, 0.05) is 6.54 Å². The SMILES string of the molecule is CC=CCN(CCC)CCC. The van der Waals surface area contributed by atoms with Crippen molar-refractivity contribution in [1.82, 2.24) is 4.90 Å². The quantitative estimate of drug-likeness (QED) is 0.533. The zero-order valence-corrected chi connectivity index (χ0v) is 8.14. The van der Waals surface area contributed by atoms with Gasteiger partial charge in [-0.1, -0.05) is 26.0 Å². The highest BCUT2D eigenvalue weighted by Crippen LogP contribution is 1.93. The summed E-state index contributed by atoms with van der Waals surface area (Å²) in [5.41, 5.74) is 0. The fourth-order valence-electron chi connectivity index (χ4n) is 1.18. The maximum absolute atomic E-state index is 2.49. The average molecular weight is 155 g/mol. The Hall–Kier alpha value is -0.300. The molecule has 0 bridgehead atoms. The van der Waals surface area contributed by atoms with Gasteiger partial charge in [-0.25, -0.2) is 0 Å². The number of hydrogen-bond acceptors (Lipinski definition) is 1. The minimum absolute atomic E-state index is 1.12. The zero-order valence-electron chi connectivity index (χ0n) is 8.14. The number of nitrogens with zero attached hydrogens (tertiary/aromatic N) is 1. The normalized spacial score (nSPS) is 11.6. The predicted molar refractivity (Wildman–Crippen MR) is 51.8 cm³/mol. The summed E-state index contributed by atoms with van der Waals surface area (Å²) in [5, 5.41) is 0. The van der Waals surface area contributed by atoms with Gasteiger partial charge in [0.1, 0.15) is 0 Å². The average Bonchev–Trinajstić information content (AvgIpc) is 2.01. The van der Waals surface area contributed by atoms with E-state index in [2.05, 4.69) is 37.8 Å². The van der Waals surface area contributed by atoms with Crippen LogP contribution in [0.25, 0.3) is 0 Å². The third-order valence-electron chi connectivity index (χ3n) is 1.68. The largest absolute Gasteiger partial charge is 0.300 e. The molecule has 66 valence electrons. The van der Waals surface area contributed by atoms with Crippen LogP contribution in [-0.2, 0) is 0 Å². The third-order valence-corrected chi connectivity index (χ3v) is 1.68. The van der Waals surface area contributed by atoms with E-state index in [1.807, 2.05) is 0 Å². The van der Waals surface area contributed by atoms with Crippen LogP contribution in [0.3, 0.4) is 0 Å². The van der Waals surface area contributed by atoms with Crippen LogP contribution in [0.1, 0.15) is 33.6 Å². The molecule has 0 aliphatic heterocycles. The smallest absolute Gasteiger partial charge is 0.0163 e. The molecule has 0 aliphatic rings. The van der Waals surface area contributed by atoms with Crippen molar-refractivity contribution >= 4 is 0 Å². The van der Waals surface area contributed by atoms with Crippen molar-refractivity contribution in [2.24, 2.45) is 0 Å². The van der Waals surface area contributed by atoms with Crippen LogP contribution in [0.15, 0.2) is 12.2 Å². The fourth-order valence-corrected chi connectivity index (χ4v) is 1.18. The Morgan fingerprint density at radius 2 is 1.64 bits per heavy atom. The van der Waals surface area contributed by atoms with Crippen molar-refractivity contribution in [3.8, 4) is 0 Å². The van der Waals surface area contributed by atoms with E-state index in [1.165, 1.54) is 25.9 Å². The minimum atomic E-state index is 1.12. The first-order chi connectivity index (χ1) is 5.35. The van der Waals surface area contributed by atoms with Crippen molar-refractivity contribution in [3.05, 3.63) is 12.2 Å². The molecular formula is C10H21N. The summed E-state index contributed by atoms with van der Waals surface area (Å²) in [6, 6.07) is 0. The molecule has 0 aromatic heterocycles. The Bertz CT molecular complexity index is 91.0. The fraction of sp³-hybridized carbons (Fsp3) is 0.800. The lowest BCUT2D eigenvalue weighted by molar-refractivity contribution is 0.303. The van der Waals surface area contributed by atoms with Gasteiger partial charge < -0.3 is 0 Å². The molecule has 0 spiro atoms. The molecule has 0 rings (SSSR count). The summed E-state index contributed by atoms with van der Waals surface area (Å²) in [7, 11) is 0. The molecule has 1 nitrogen and oxygen atoms in total. The molecule has 0 aromatic carbocycles. The van der Waals surface area contributed by atoms with Crippen molar-refractivity contribution in [2.45, 2.75) is 33.6 Å². The lowest BCUT2D eigenvalue weighted by Crippen LogP contribution is -2.25. The second-order valence-corrected chi connectivity index (χ2v) is 2.87. The summed E-state index contributed by atoms with van der Waals surface area (Å²) >= 11 is 0. The molecule has 0 aliphatic carbocycles. The molecule has 0 atom stereocenters. The summed E-state index contributed by atoms with van der Waals surface area (Å²) < 4.78 is 0. The van der Waals surface area contributed by atoms with Crippen LogP contribution in [-0.4, -0.2) is 24.5 Å². The van der Waals surface area contributed by atoms with Gasteiger partial charge in [-0.3, -0.25) is 4.90 Å². The lowest BCUT2D eigenvalue weighted by atomic mass is 10.3. The Kier molecular flexibility index (Phi) is 7.59. The van der Waals surface area contributed by atoms with E-state index >= 15 is 0 Å². The predicted octanol–water partition coefficient (Wildman–Crippen LogP) is 2.68. The van der Waals surface area contributed by atoms with Gasteiger partial charge in [-0.05, 0) is 32.9 Å². The van der Waals surface area contributed by atoms with Crippen LogP contribution in [0.5, 0.6) is 0 Å². The van der Waals surface area contributed by atoms with Crippen molar-refractivity contribution in [3.63, 3.8) is 0 Å². The third kappa shape index (κ3) is 6.11. The zero-order chi connectivity index (χ0) is 8.53. The lowest BCUT2D eigenvalue weighted by Gasteiger charge is -2.18. The van der Waals surface area contributed by atoms with Gasteiger partial charge >= 0.3 is 0 Å². The molecule has 0 unspecified atom stereocenters. The molecule has 0 saturated heterocycles. The van der Waals surface area contributed by atoms with Gasteiger partial charge in [-0.15, -0.1) is 0 Å². The molecule has 0 fully saturated rings. The maximum Gasteiger partial charge on any atom is 0.0163 e. The van der Waals surface area contributed by atoms with Crippen LogP contribution >= 0.6 is 0 Å². The van der Waals surface area contributed by atoms with Crippen molar-refractivity contribution in [1.29, 1.82) is 0 Å². The molecule has 0 heterocycles. The summed E-state index contributed by atoms with van der Waals surface area (Å²) in [6.07, 6.45) is 6.87. The Morgan fingerprint density at radius 1 is 1.09 bits per heavy atom. The first-order valence-corrected chi connectivity index (χ1v) is 4.68. The minimum Gasteiger partial charge on any atom is -0.300 e. The van der Waals surface area contributed by atoms with E-state index in [0.29, 0.717) is 0 Å². The van der Waals surface area contributed by atoms with Crippen LogP contribution in [0.4, 0.5) is 0 Å². The molecule has 1 heteroatoms. The second kappa shape index (κ2) is 7.80. The standard InChI is InChI=1S/C10H21N/c1-4-7-10-11(8-5-2)9-6-3/h4,7H,5-6,8-10H2,1-3H3. The van der Waals surface area contributed by atoms with Gasteiger partial charge in [-0.2, -0.15) is 0 Å². The highest BCUT2D eigenvalue weighted by Gasteiger charge is 1.97. The highest BCUT2D eigenvalue weighted by atomic mass is 15.1. The van der Waals surface area contributed by atoms with Crippen LogP contribution in [0, 0.1) is 0 Å². The molecule has 0 radical (unpaired) electrons. The van der Waals surface area contributed by atoms with E-state index in [0.717, 1.165) is 6.54 Å². The first-order valence-electron chi connectivity index (χ1n) is 4.68. The van der Waals surface area contributed by atoms with Gasteiger partial charge in [0.25, 0.3) is 0 Å². The number of rotatable bonds is 6. The monoisotopic (exact) mass is 155 g/mol. The summed E-state index contributed by atoms with van der Waals surface area (Å²) in [5.74, 6) is 0. The summed E-state index contributed by atoms with van der Waals surface area (Å²) in [6.45, 7) is 10.1. The molecule has 0 amide bonds. The van der Waals surface area contributed by atoms with Crippen molar-refractivity contribution in [2.75, 3.05) is 19.6 Å². The van der Waals surface area contributed by atoms with E-state index < -0.39 is 0 Å². The van der Waals surface area contributed by atoms with Crippen molar-refractivity contribution < 1.29 is 0 Å². The summed E-state index contributed by atoms with van der Waals surface area (Å²) in [4.78, 5) is 2.49. The van der Waals surface area contributed by atoms with E-state index in [1.54, 1.807) is 0 Å². The maximum atomic E-state index is 2.49. The highest BCUT2D eigenvalue weighted by molar-refractivity contribution is 4.80. The first kappa shape index (κ1) is 10.7. The van der Waals surface area contributed by atoms with Crippen LogP contribution in [0.2, 0.25) is 0 Å². The van der Waals surface area contributed by atoms with Gasteiger partial charge in [0.05, 0.1) is 0 Å². The van der Waals surface area contributed by atoms with E-state index in [4.69, 9.17) is 0 Å². The van der Waals surface area contributed by atoms with Crippen LogP contribution < -0.4 is 0 Å². The van der Waals surface area contributed by atoms with E-state index in [-0.39, 0.29) is 0 Å².